The van der Waals surface area contributed by atoms with Gasteiger partial charge >= 0.3 is 0 Å². The molecular formula is C12H9NO4-2. The molecule has 0 aliphatic heterocycles. The summed E-state index contributed by atoms with van der Waals surface area (Å²) in [6.07, 6.45) is -0.198. The van der Waals surface area contributed by atoms with E-state index in [2.05, 4.69) is 4.98 Å². The Balaban J connectivity index is 2.60. The molecule has 0 unspecified atom stereocenters. The van der Waals surface area contributed by atoms with Crippen molar-refractivity contribution in [2.24, 2.45) is 0 Å². The van der Waals surface area contributed by atoms with Crippen molar-refractivity contribution in [2.75, 3.05) is 0 Å². The van der Waals surface area contributed by atoms with Gasteiger partial charge < -0.3 is 24.8 Å². The fourth-order valence-corrected chi connectivity index (χ4v) is 1.89. The molecule has 1 aromatic carbocycles. The van der Waals surface area contributed by atoms with Crippen molar-refractivity contribution in [2.45, 2.75) is 13.3 Å². The van der Waals surface area contributed by atoms with Crippen LogP contribution >= 0.6 is 0 Å². The average Bonchev–Trinajstić information content (AvgIpc) is 2.54. The number of carboxylic acid groups (broad SMARTS) is 2. The lowest BCUT2D eigenvalue weighted by Gasteiger charge is -2.04. The van der Waals surface area contributed by atoms with Gasteiger partial charge in [-0.25, -0.2) is 0 Å². The number of fused-ring (bicyclic) bond motifs is 1. The minimum atomic E-state index is -1.26. The number of carboxylic acids is 2. The van der Waals surface area contributed by atoms with Gasteiger partial charge in [0, 0.05) is 29.0 Å². The largest absolute Gasteiger partial charge is 0.550 e. The Morgan fingerprint density at radius 1 is 1.29 bits per heavy atom. The fraction of sp³-hybridized carbons (Fsp3) is 0.167. The van der Waals surface area contributed by atoms with Gasteiger partial charge in [0.2, 0.25) is 0 Å². The zero-order chi connectivity index (χ0) is 12.6. The summed E-state index contributed by atoms with van der Waals surface area (Å²) in [7, 11) is 0. The van der Waals surface area contributed by atoms with Crippen LogP contribution in [0.2, 0.25) is 0 Å². The molecule has 0 amide bonds. The number of H-pyrrole nitrogens is 1. The fourth-order valence-electron chi connectivity index (χ4n) is 1.89. The molecule has 0 saturated carbocycles. The molecule has 0 saturated heterocycles. The van der Waals surface area contributed by atoms with E-state index in [0.29, 0.717) is 22.2 Å². The molecule has 1 aromatic heterocycles. The number of aromatic nitrogens is 1. The molecule has 0 spiro atoms. The predicted molar refractivity (Wildman–Crippen MR) is 56.1 cm³/mol. The number of hydrogen-bond donors (Lipinski definition) is 1. The average molecular weight is 231 g/mol. The standard InChI is InChI=1S/C12H11NO4/c1-6-9(5-11(14)15)8-3-2-7(12(16)17)4-10(8)13-6/h2-4,13H,5H2,1H3,(H,14,15)(H,16,17)/p-2. The topological polar surface area (TPSA) is 96.1 Å². The van der Waals surface area contributed by atoms with E-state index in [4.69, 9.17) is 0 Å². The van der Waals surface area contributed by atoms with Crippen LogP contribution in [-0.4, -0.2) is 16.9 Å². The Kier molecular flexibility index (Phi) is 2.59. The maximum absolute atomic E-state index is 10.7. The molecular weight excluding hydrogens is 222 g/mol. The van der Waals surface area contributed by atoms with Gasteiger partial charge in [-0.3, -0.25) is 0 Å². The highest BCUT2D eigenvalue weighted by Gasteiger charge is 2.09. The van der Waals surface area contributed by atoms with E-state index in [1.165, 1.54) is 12.1 Å². The third kappa shape index (κ3) is 1.99. The van der Waals surface area contributed by atoms with E-state index in [-0.39, 0.29) is 12.0 Å². The summed E-state index contributed by atoms with van der Waals surface area (Å²) < 4.78 is 0. The molecule has 1 heterocycles. The van der Waals surface area contributed by atoms with E-state index in [1.54, 1.807) is 13.0 Å². The number of aromatic carboxylic acids is 1. The zero-order valence-electron chi connectivity index (χ0n) is 9.07. The number of aromatic amines is 1. The normalized spacial score (nSPS) is 10.6. The van der Waals surface area contributed by atoms with E-state index in [0.717, 1.165) is 0 Å². The maximum atomic E-state index is 10.7. The monoisotopic (exact) mass is 231 g/mol. The minimum Gasteiger partial charge on any atom is -0.550 e. The quantitative estimate of drug-likeness (QED) is 0.742. The van der Waals surface area contributed by atoms with Crippen molar-refractivity contribution < 1.29 is 19.8 Å². The highest BCUT2D eigenvalue weighted by molar-refractivity contribution is 5.94. The first-order chi connectivity index (χ1) is 7.99. The number of hydrogen-bond acceptors (Lipinski definition) is 4. The maximum Gasteiger partial charge on any atom is 0.0716 e. The van der Waals surface area contributed by atoms with Gasteiger partial charge in [-0.05, 0) is 24.1 Å². The van der Waals surface area contributed by atoms with Crippen molar-refractivity contribution >= 4 is 22.8 Å². The molecule has 2 aromatic rings. The second-order valence-electron chi connectivity index (χ2n) is 3.83. The number of carbonyl (C=O) groups excluding carboxylic acids is 2. The molecule has 5 heteroatoms. The van der Waals surface area contributed by atoms with Gasteiger partial charge in [0.15, 0.2) is 0 Å². The molecule has 0 fully saturated rings. The van der Waals surface area contributed by atoms with Crippen LogP contribution in [-0.2, 0) is 11.2 Å². The Morgan fingerprint density at radius 3 is 2.59 bits per heavy atom. The molecule has 0 bridgehead atoms. The summed E-state index contributed by atoms with van der Waals surface area (Å²) in [4.78, 5) is 24.2. The van der Waals surface area contributed by atoms with Crippen LogP contribution in [0.5, 0.6) is 0 Å². The Hall–Kier alpha value is -2.30. The van der Waals surface area contributed by atoms with Crippen molar-refractivity contribution in [3.8, 4) is 0 Å². The Labute approximate surface area is 96.7 Å². The number of aryl methyl sites for hydroxylation is 1. The summed E-state index contributed by atoms with van der Waals surface area (Å²) in [6.45, 7) is 1.73. The molecule has 0 aliphatic carbocycles. The third-order valence-electron chi connectivity index (χ3n) is 2.68. The lowest BCUT2D eigenvalue weighted by atomic mass is 10.1. The molecule has 0 radical (unpaired) electrons. The van der Waals surface area contributed by atoms with Crippen LogP contribution in [0.1, 0.15) is 21.6 Å². The van der Waals surface area contributed by atoms with Crippen molar-refractivity contribution in [3.05, 3.63) is 35.0 Å². The van der Waals surface area contributed by atoms with E-state index in [1.807, 2.05) is 0 Å². The summed E-state index contributed by atoms with van der Waals surface area (Å²) in [5.74, 6) is -2.43. The third-order valence-corrected chi connectivity index (χ3v) is 2.68. The van der Waals surface area contributed by atoms with Gasteiger partial charge in [0.1, 0.15) is 0 Å². The lowest BCUT2D eigenvalue weighted by Crippen LogP contribution is -2.24. The van der Waals surface area contributed by atoms with Gasteiger partial charge in [0.25, 0.3) is 0 Å². The molecule has 17 heavy (non-hydrogen) atoms. The van der Waals surface area contributed by atoms with E-state index in [9.17, 15) is 19.8 Å². The van der Waals surface area contributed by atoms with Crippen molar-refractivity contribution in [1.82, 2.24) is 4.98 Å². The van der Waals surface area contributed by atoms with Crippen molar-refractivity contribution in [1.29, 1.82) is 0 Å². The van der Waals surface area contributed by atoms with Crippen LogP contribution in [0.3, 0.4) is 0 Å². The second-order valence-corrected chi connectivity index (χ2v) is 3.83. The molecule has 0 atom stereocenters. The van der Waals surface area contributed by atoms with Gasteiger partial charge in [-0.2, -0.15) is 0 Å². The highest BCUT2D eigenvalue weighted by atomic mass is 16.4. The Bertz CT molecular complexity index is 612. The molecule has 0 aliphatic rings. The van der Waals surface area contributed by atoms with Crippen LogP contribution in [0, 0.1) is 6.92 Å². The van der Waals surface area contributed by atoms with E-state index < -0.39 is 11.9 Å². The lowest BCUT2D eigenvalue weighted by molar-refractivity contribution is -0.304. The molecule has 1 N–H and O–H groups in total. The van der Waals surface area contributed by atoms with Crippen LogP contribution in [0.25, 0.3) is 10.9 Å². The van der Waals surface area contributed by atoms with Crippen LogP contribution in [0.15, 0.2) is 18.2 Å². The summed E-state index contributed by atoms with van der Waals surface area (Å²) >= 11 is 0. The smallest absolute Gasteiger partial charge is 0.0716 e. The number of rotatable bonds is 3. The first-order valence-corrected chi connectivity index (χ1v) is 5.01. The number of aliphatic carboxylic acids is 1. The molecule has 88 valence electrons. The van der Waals surface area contributed by atoms with Crippen LogP contribution < -0.4 is 10.2 Å². The molecule has 2 rings (SSSR count). The number of carbonyl (C=O) groups is 2. The second kappa shape index (κ2) is 3.93. The summed E-state index contributed by atoms with van der Waals surface area (Å²) in [5, 5.41) is 22.0. The first-order valence-electron chi connectivity index (χ1n) is 5.01. The van der Waals surface area contributed by atoms with E-state index >= 15 is 0 Å². The van der Waals surface area contributed by atoms with Crippen LogP contribution in [0.4, 0.5) is 0 Å². The van der Waals surface area contributed by atoms with Gasteiger partial charge in [-0.15, -0.1) is 0 Å². The summed E-state index contributed by atoms with van der Waals surface area (Å²) in [5.41, 5.74) is 1.95. The minimum absolute atomic E-state index is 0.0544. The number of nitrogens with one attached hydrogen (secondary N) is 1. The SMILES string of the molecule is Cc1[nH]c2cc(C(=O)[O-])ccc2c1CC(=O)[O-]. The highest BCUT2D eigenvalue weighted by Crippen LogP contribution is 2.23. The summed E-state index contributed by atoms with van der Waals surface area (Å²) in [6, 6.07) is 4.39. The zero-order valence-corrected chi connectivity index (χ0v) is 9.07. The van der Waals surface area contributed by atoms with Crippen molar-refractivity contribution in [3.63, 3.8) is 0 Å². The first kappa shape index (κ1) is 11.2. The van der Waals surface area contributed by atoms with Gasteiger partial charge in [0.05, 0.1) is 5.97 Å². The molecule has 5 nitrogen and oxygen atoms in total. The van der Waals surface area contributed by atoms with Gasteiger partial charge in [-0.1, -0.05) is 12.1 Å². The predicted octanol–water partition coefficient (Wildman–Crippen LogP) is -0.868. The Morgan fingerprint density at radius 2 is 2.00 bits per heavy atom. The number of benzene rings is 1.